The molecule has 2 aromatic rings. The van der Waals surface area contributed by atoms with Gasteiger partial charge in [-0.2, -0.15) is 5.10 Å². The number of nitrogens with zero attached hydrogens (tertiary/aromatic N) is 2. The maximum Gasteiger partial charge on any atom is 0.325 e. The summed E-state index contributed by atoms with van der Waals surface area (Å²) in [6, 6.07) is 7.39. The van der Waals surface area contributed by atoms with E-state index in [0.29, 0.717) is 5.02 Å². The number of hydrogen-bond acceptors (Lipinski definition) is 2. The molecular weight excluding hydrogens is 240 g/mol. The zero-order valence-electron chi connectivity index (χ0n) is 9.22. The summed E-state index contributed by atoms with van der Waals surface area (Å²) in [4.78, 5) is 10.6. The highest BCUT2D eigenvalue weighted by Crippen LogP contribution is 2.25. The number of hydrogen-bond donors (Lipinski definition) is 1. The summed E-state index contributed by atoms with van der Waals surface area (Å²) in [6.07, 6.45) is 1.66. The first kappa shape index (κ1) is 11.7. The highest BCUT2D eigenvalue weighted by atomic mass is 35.5. The monoisotopic (exact) mass is 250 g/mol. The molecule has 0 aliphatic rings. The molecule has 1 N–H and O–H groups in total. The standard InChI is InChI=1S/C12H11ClN2O2/c1-8-11(6-14-15(8)7-12(16)17)9-3-2-4-10(13)5-9/h2-6H,7H2,1H3,(H,16,17). The Morgan fingerprint density at radius 3 is 2.94 bits per heavy atom. The molecule has 0 aliphatic heterocycles. The lowest BCUT2D eigenvalue weighted by Crippen LogP contribution is -2.11. The SMILES string of the molecule is Cc1c(-c2cccc(Cl)c2)cnn1CC(=O)O. The predicted octanol–water partition coefficient (Wildman–Crippen LogP) is 2.60. The van der Waals surface area contributed by atoms with Crippen molar-refractivity contribution in [3.05, 3.63) is 41.2 Å². The summed E-state index contributed by atoms with van der Waals surface area (Å²) < 4.78 is 1.46. The van der Waals surface area contributed by atoms with Gasteiger partial charge in [0.2, 0.25) is 0 Å². The first-order valence-corrected chi connectivity index (χ1v) is 5.46. The van der Waals surface area contributed by atoms with Crippen LogP contribution in [0, 0.1) is 6.92 Å². The number of benzene rings is 1. The average Bonchev–Trinajstić information content (AvgIpc) is 2.60. The Labute approximate surface area is 103 Å². The van der Waals surface area contributed by atoms with E-state index in [1.807, 2.05) is 25.1 Å². The molecule has 0 aliphatic carbocycles. The maximum atomic E-state index is 10.6. The summed E-state index contributed by atoms with van der Waals surface area (Å²) in [7, 11) is 0. The molecule has 0 fully saturated rings. The van der Waals surface area contributed by atoms with Crippen molar-refractivity contribution in [2.75, 3.05) is 0 Å². The fourth-order valence-corrected chi connectivity index (χ4v) is 1.86. The van der Waals surface area contributed by atoms with Crippen LogP contribution < -0.4 is 0 Å². The Morgan fingerprint density at radius 2 is 2.29 bits per heavy atom. The lowest BCUT2D eigenvalue weighted by atomic mass is 10.1. The first-order chi connectivity index (χ1) is 8.08. The molecule has 0 saturated carbocycles. The predicted molar refractivity (Wildman–Crippen MR) is 65.0 cm³/mol. The smallest absolute Gasteiger partial charge is 0.325 e. The van der Waals surface area contributed by atoms with Gasteiger partial charge in [-0.3, -0.25) is 9.48 Å². The average molecular weight is 251 g/mol. The van der Waals surface area contributed by atoms with Gasteiger partial charge in [-0.25, -0.2) is 0 Å². The lowest BCUT2D eigenvalue weighted by Gasteiger charge is -2.03. The van der Waals surface area contributed by atoms with E-state index >= 15 is 0 Å². The van der Waals surface area contributed by atoms with Gasteiger partial charge in [0, 0.05) is 16.3 Å². The van der Waals surface area contributed by atoms with Crippen LogP contribution in [0.2, 0.25) is 5.02 Å². The Balaban J connectivity index is 2.40. The molecule has 0 unspecified atom stereocenters. The highest BCUT2D eigenvalue weighted by molar-refractivity contribution is 6.30. The zero-order valence-corrected chi connectivity index (χ0v) is 9.98. The third-order valence-corrected chi connectivity index (χ3v) is 2.76. The summed E-state index contributed by atoms with van der Waals surface area (Å²) in [5, 5.41) is 13.4. The van der Waals surface area contributed by atoms with Crippen molar-refractivity contribution < 1.29 is 9.90 Å². The van der Waals surface area contributed by atoms with Gasteiger partial charge in [0.1, 0.15) is 6.54 Å². The van der Waals surface area contributed by atoms with Gasteiger partial charge in [0.25, 0.3) is 0 Å². The molecule has 0 amide bonds. The van der Waals surface area contributed by atoms with E-state index < -0.39 is 5.97 Å². The Hall–Kier alpha value is -1.81. The second-order valence-electron chi connectivity index (χ2n) is 3.71. The van der Waals surface area contributed by atoms with Gasteiger partial charge in [-0.05, 0) is 24.6 Å². The van der Waals surface area contributed by atoms with E-state index in [4.69, 9.17) is 16.7 Å². The molecule has 0 spiro atoms. The number of carbonyl (C=O) groups is 1. The first-order valence-electron chi connectivity index (χ1n) is 5.08. The molecule has 0 atom stereocenters. The molecule has 4 nitrogen and oxygen atoms in total. The summed E-state index contributed by atoms with van der Waals surface area (Å²) in [5.41, 5.74) is 2.65. The number of carboxylic acid groups (broad SMARTS) is 1. The third kappa shape index (κ3) is 2.47. The maximum absolute atomic E-state index is 10.6. The van der Waals surface area contributed by atoms with E-state index in [1.165, 1.54) is 4.68 Å². The zero-order chi connectivity index (χ0) is 12.4. The number of aliphatic carboxylic acids is 1. The van der Waals surface area contributed by atoms with Crippen molar-refractivity contribution in [3.8, 4) is 11.1 Å². The van der Waals surface area contributed by atoms with Crippen LogP contribution in [-0.2, 0) is 11.3 Å². The van der Waals surface area contributed by atoms with E-state index in [0.717, 1.165) is 16.8 Å². The van der Waals surface area contributed by atoms with Gasteiger partial charge in [-0.15, -0.1) is 0 Å². The van der Waals surface area contributed by atoms with E-state index in [2.05, 4.69) is 5.10 Å². The van der Waals surface area contributed by atoms with Crippen molar-refractivity contribution >= 4 is 17.6 Å². The molecule has 1 aromatic heterocycles. The highest BCUT2D eigenvalue weighted by Gasteiger charge is 2.10. The third-order valence-electron chi connectivity index (χ3n) is 2.52. The van der Waals surface area contributed by atoms with Crippen LogP contribution in [0.3, 0.4) is 0 Å². The van der Waals surface area contributed by atoms with Crippen molar-refractivity contribution in [1.29, 1.82) is 0 Å². The normalized spacial score (nSPS) is 10.5. The number of rotatable bonds is 3. The fraction of sp³-hybridized carbons (Fsp3) is 0.167. The summed E-state index contributed by atoms with van der Waals surface area (Å²) in [6.45, 7) is 1.71. The molecule has 88 valence electrons. The van der Waals surface area contributed by atoms with Crippen LogP contribution in [-0.4, -0.2) is 20.9 Å². The number of carboxylic acids is 1. The molecule has 5 heteroatoms. The second-order valence-corrected chi connectivity index (χ2v) is 4.14. The minimum Gasteiger partial charge on any atom is -0.480 e. The van der Waals surface area contributed by atoms with Gasteiger partial charge in [0.05, 0.1) is 6.20 Å². The van der Waals surface area contributed by atoms with Crippen LogP contribution in [0.4, 0.5) is 0 Å². The van der Waals surface area contributed by atoms with Crippen LogP contribution in [0.25, 0.3) is 11.1 Å². The van der Waals surface area contributed by atoms with Crippen molar-refractivity contribution in [2.45, 2.75) is 13.5 Å². The quantitative estimate of drug-likeness (QED) is 0.911. The van der Waals surface area contributed by atoms with Gasteiger partial charge in [0.15, 0.2) is 0 Å². The van der Waals surface area contributed by atoms with Gasteiger partial charge in [-0.1, -0.05) is 23.7 Å². The summed E-state index contributed by atoms with van der Waals surface area (Å²) in [5.74, 6) is -0.908. The second kappa shape index (κ2) is 4.59. The van der Waals surface area contributed by atoms with Gasteiger partial charge >= 0.3 is 5.97 Å². The Kier molecular flexibility index (Phi) is 3.15. The van der Waals surface area contributed by atoms with Crippen LogP contribution in [0.5, 0.6) is 0 Å². The van der Waals surface area contributed by atoms with Crippen LogP contribution in [0.1, 0.15) is 5.69 Å². The van der Waals surface area contributed by atoms with Crippen molar-refractivity contribution in [3.63, 3.8) is 0 Å². The van der Waals surface area contributed by atoms with Crippen molar-refractivity contribution in [1.82, 2.24) is 9.78 Å². The topological polar surface area (TPSA) is 55.1 Å². The van der Waals surface area contributed by atoms with Crippen molar-refractivity contribution in [2.24, 2.45) is 0 Å². The molecule has 2 rings (SSSR count). The molecular formula is C12H11ClN2O2. The number of halogens is 1. The molecule has 0 radical (unpaired) electrons. The van der Waals surface area contributed by atoms with E-state index in [9.17, 15) is 4.79 Å². The van der Waals surface area contributed by atoms with E-state index in [-0.39, 0.29) is 6.54 Å². The number of aromatic nitrogens is 2. The summed E-state index contributed by atoms with van der Waals surface area (Å²) >= 11 is 5.92. The largest absolute Gasteiger partial charge is 0.480 e. The molecule has 1 heterocycles. The Morgan fingerprint density at radius 1 is 1.53 bits per heavy atom. The molecule has 1 aromatic carbocycles. The molecule has 17 heavy (non-hydrogen) atoms. The van der Waals surface area contributed by atoms with Crippen LogP contribution in [0.15, 0.2) is 30.5 Å². The minimum absolute atomic E-state index is 0.133. The Bertz CT molecular complexity index is 563. The molecule has 0 bridgehead atoms. The van der Waals surface area contributed by atoms with Gasteiger partial charge < -0.3 is 5.11 Å². The lowest BCUT2D eigenvalue weighted by molar-refractivity contribution is -0.137. The molecule has 0 saturated heterocycles. The van der Waals surface area contributed by atoms with E-state index in [1.54, 1.807) is 12.3 Å². The van der Waals surface area contributed by atoms with Crippen LogP contribution >= 0.6 is 11.6 Å². The fourth-order valence-electron chi connectivity index (χ4n) is 1.67. The minimum atomic E-state index is -0.908.